The zero-order valence-electron chi connectivity index (χ0n) is 16.1. The number of aromatic nitrogens is 1. The van der Waals surface area contributed by atoms with Gasteiger partial charge in [-0.05, 0) is 42.3 Å². The Labute approximate surface area is 179 Å². The Morgan fingerprint density at radius 2 is 1.93 bits per heavy atom. The van der Waals surface area contributed by atoms with E-state index in [0.29, 0.717) is 11.4 Å². The summed E-state index contributed by atoms with van der Waals surface area (Å²) in [6, 6.07) is 13.9. The Bertz CT molecular complexity index is 1110. The van der Waals surface area contributed by atoms with Crippen molar-refractivity contribution in [1.82, 2.24) is 10.3 Å². The molecule has 0 aliphatic rings. The number of rotatable bonds is 7. The van der Waals surface area contributed by atoms with Crippen molar-refractivity contribution in [3.63, 3.8) is 0 Å². The average molecular weight is 449 g/mol. The summed E-state index contributed by atoms with van der Waals surface area (Å²) in [6.45, 7) is 1.86. The van der Waals surface area contributed by atoms with Crippen LogP contribution >= 0.6 is 22.9 Å². The van der Waals surface area contributed by atoms with Crippen LogP contribution in [0.4, 0.5) is 0 Å². The minimum absolute atomic E-state index is 0.135. The molecule has 0 fully saturated rings. The first kappa shape index (κ1) is 21.5. The third kappa shape index (κ3) is 6.13. The highest BCUT2D eigenvalue weighted by molar-refractivity contribution is 7.90. The normalized spacial score (nSPS) is 12.5. The Balaban J connectivity index is 1.57. The molecule has 0 radical (unpaired) electrons. The van der Waals surface area contributed by atoms with Crippen LogP contribution in [0.1, 0.15) is 34.8 Å². The van der Waals surface area contributed by atoms with E-state index in [1.807, 2.05) is 36.6 Å². The van der Waals surface area contributed by atoms with Crippen LogP contribution in [0.5, 0.6) is 0 Å². The van der Waals surface area contributed by atoms with Gasteiger partial charge in [0.25, 0.3) is 0 Å². The number of amides is 1. The van der Waals surface area contributed by atoms with Crippen LogP contribution in [0.25, 0.3) is 0 Å². The van der Waals surface area contributed by atoms with E-state index in [0.717, 1.165) is 21.8 Å². The molecule has 5 nitrogen and oxygen atoms in total. The van der Waals surface area contributed by atoms with Crippen LogP contribution in [0, 0.1) is 0 Å². The summed E-state index contributed by atoms with van der Waals surface area (Å²) in [5, 5.41) is 6.44. The van der Waals surface area contributed by atoms with Crippen molar-refractivity contribution in [2.75, 3.05) is 6.26 Å². The highest BCUT2D eigenvalue weighted by atomic mass is 35.5. The number of sulfone groups is 1. The minimum atomic E-state index is -3.23. The van der Waals surface area contributed by atoms with Gasteiger partial charge in [-0.2, -0.15) is 0 Å². The lowest BCUT2D eigenvalue weighted by atomic mass is 10.1. The summed E-state index contributed by atoms with van der Waals surface area (Å²) in [4.78, 5) is 17.2. The van der Waals surface area contributed by atoms with Gasteiger partial charge < -0.3 is 5.32 Å². The van der Waals surface area contributed by atoms with E-state index >= 15 is 0 Å². The lowest BCUT2D eigenvalue weighted by Crippen LogP contribution is -2.28. The summed E-state index contributed by atoms with van der Waals surface area (Å²) >= 11 is 7.54. The molecule has 0 aliphatic heterocycles. The molecule has 1 unspecified atom stereocenters. The second kappa shape index (κ2) is 9.07. The number of benzene rings is 2. The molecule has 0 saturated carbocycles. The summed E-state index contributed by atoms with van der Waals surface area (Å²) in [6.07, 6.45) is 2.04. The highest BCUT2D eigenvalue weighted by Gasteiger charge is 2.14. The van der Waals surface area contributed by atoms with Gasteiger partial charge >= 0.3 is 0 Å². The molecule has 0 saturated heterocycles. The van der Waals surface area contributed by atoms with Crippen LogP contribution in [0.15, 0.2) is 58.8 Å². The molecule has 3 aromatic rings. The van der Waals surface area contributed by atoms with Crippen molar-refractivity contribution < 1.29 is 13.2 Å². The summed E-state index contributed by atoms with van der Waals surface area (Å²) in [7, 11) is -3.23. The fourth-order valence-corrected chi connectivity index (χ4v) is 4.55. The number of hydrogen-bond donors (Lipinski definition) is 1. The van der Waals surface area contributed by atoms with Gasteiger partial charge in [0.05, 0.1) is 28.1 Å². The molecule has 1 amide bonds. The second-order valence-electron chi connectivity index (χ2n) is 6.85. The highest BCUT2D eigenvalue weighted by Crippen LogP contribution is 2.19. The largest absolute Gasteiger partial charge is 0.349 e. The number of nitrogens with one attached hydrogen (secondary N) is 1. The third-order valence-corrected chi connectivity index (χ3v) is 6.63. The molecule has 0 aliphatic carbocycles. The van der Waals surface area contributed by atoms with E-state index in [4.69, 9.17) is 11.6 Å². The number of carbonyl (C=O) groups is 1. The molecule has 2 aromatic carbocycles. The molecular formula is C21H21ClN2O3S2. The summed E-state index contributed by atoms with van der Waals surface area (Å²) in [5.74, 6) is -0.135. The molecule has 29 heavy (non-hydrogen) atoms. The van der Waals surface area contributed by atoms with Crippen LogP contribution in [0.2, 0.25) is 5.02 Å². The fraction of sp³-hybridized carbons (Fsp3) is 0.238. The molecule has 0 spiro atoms. The van der Waals surface area contributed by atoms with Crippen molar-refractivity contribution in [2.24, 2.45) is 0 Å². The molecule has 1 atom stereocenters. The standard InChI is InChI=1S/C21H21ClN2O3S2/c1-14(16-6-8-19(9-7-16)29(2,26)27)23-20(25)12-18-13-28-21(24-18)11-15-4-3-5-17(22)10-15/h3-10,13-14H,11-12H2,1-2H3,(H,23,25). The van der Waals surface area contributed by atoms with Crippen LogP contribution in [0.3, 0.4) is 0 Å². The number of nitrogens with zero attached hydrogens (tertiary/aromatic N) is 1. The predicted molar refractivity (Wildman–Crippen MR) is 116 cm³/mol. The SMILES string of the molecule is CC(NC(=O)Cc1csc(Cc2cccc(Cl)c2)n1)c1ccc(S(C)(=O)=O)cc1. The minimum Gasteiger partial charge on any atom is -0.349 e. The lowest BCUT2D eigenvalue weighted by Gasteiger charge is -2.14. The Morgan fingerprint density at radius 3 is 2.59 bits per heavy atom. The molecule has 3 rings (SSSR count). The van der Waals surface area contributed by atoms with Crippen LogP contribution in [-0.4, -0.2) is 25.6 Å². The van der Waals surface area contributed by atoms with Gasteiger partial charge in [-0.1, -0.05) is 35.9 Å². The smallest absolute Gasteiger partial charge is 0.226 e. The van der Waals surface area contributed by atoms with Crippen molar-refractivity contribution in [3.8, 4) is 0 Å². The van der Waals surface area contributed by atoms with Crippen molar-refractivity contribution in [2.45, 2.75) is 30.7 Å². The second-order valence-corrected chi connectivity index (χ2v) is 10.2. The van der Waals surface area contributed by atoms with E-state index in [-0.39, 0.29) is 23.3 Å². The van der Waals surface area contributed by atoms with E-state index in [1.165, 1.54) is 17.6 Å². The van der Waals surface area contributed by atoms with Gasteiger partial charge in [0.15, 0.2) is 9.84 Å². The van der Waals surface area contributed by atoms with E-state index < -0.39 is 9.84 Å². The van der Waals surface area contributed by atoms with E-state index in [9.17, 15) is 13.2 Å². The first-order valence-electron chi connectivity index (χ1n) is 8.98. The van der Waals surface area contributed by atoms with Gasteiger partial charge in [-0.15, -0.1) is 11.3 Å². The number of halogens is 1. The van der Waals surface area contributed by atoms with Gasteiger partial charge in [-0.25, -0.2) is 13.4 Å². The Hall–Kier alpha value is -2.22. The first-order valence-corrected chi connectivity index (χ1v) is 12.1. The van der Waals surface area contributed by atoms with Gasteiger partial charge in [0.1, 0.15) is 0 Å². The monoisotopic (exact) mass is 448 g/mol. The van der Waals surface area contributed by atoms with Crippen LogP contribution in [-0.2, 0) is 27.5 Å². The first-order chi connectivity index (χ1) is 13.7. The van der Waals surface area contributed by atoms with Crippen molar-refractivity contribution in [3.05, 3.63) is 80.8 Å². The zero-order valence-corrected chi connectivity index (χ0v) is 18.4. The van der Waals surface area contributed by atoms with E-state index in [1.54, 1.807) is 24.3 Å². The van der Waals surface area contributed by atoms with Crippen LogP contribution < -0.4 is 5.32 Å². The maximum absolute atomic E-state index is 12.4. The molecule has 8 heteroatoms. The zero-order chi connectivity index (χ0) is 21.0. The molecule has 1 aromatic heterocycles. The van der Waals surface area contributed by atoms with Gasteiger partial charge in [0.2, 0.25) is 5.91 Å². The number of thiazole rings is 1. The molecular weight excluding hydrogens is 428 g/mol. The molecule has 1 heterocycles. The molecule has 1 N–H and O–H groups in total. The topological polar surface area (TPSA) is 76.1 Å². The number of carbonyl (C=O) groups excluding carboxylic acids is 1. The predicted octanol–water partition coefficient (Wildman–Crippen LogP) is 4.21. The van der Waals surface area contributed by atoms with Gasteiger partial charge in [-0.3, -0.25) is 4.79 Å². The molecule has 0 bridgehead atoms. The number of hydrogen-bond acceptors (Lipinski definition) is 5. The Morgan fingerprint density at radius 1 is 1.21 bits per heavy atom. The quantitative estimate of drug-likeness (QED) is 0.587. The van der Waals surface area contributed by atoms with E-state index in [2.05, 4.69) is 10.3 Å². The average Bonchev–Trinajstić information content (AvgIpc) is 3.07. The maximum Gasteiger partial charge on any atom is 0.226 e. The maximum atomic E-state index is 12.4. The fourth-order valence-electron chi connectivity index (χ4n) is 2.88. The Kier molecular flexibility index (Phi) is 6.72. The van der Waals surface area contributed by atoms with Crippen molar-refractivity contribution in [1.29, 1.82) is 0 Å². The molecule has 152 valence electrons. The lowest BCUT2D eigenvalue weighted by molar-refractivity contribution is -0.121. The summed E-state index contributed by atoms with van der Waals surface area (Å²) < 4.78 is 23.1. The van der Waals surface area contributed by atoms with Crippen molar-refractivity contribution >= 4 is 38.7 Å². The summed E-state index contributed by atoms with van der Waals surface area (Å²) in [5.41, 5.74) is 2.64. The third-order valence-electron chi connectivity index (χ3n) is 4.37. The van der Waals surface area contributed by atoms with Gasteiger partial charge in [0, 0.05) is 23.1 Å².